The van der Waals surface area contributed by atoms with E-state index >= 15 is 0 Å². The highest BCUT2D eigenvalue weighted by atomic mass is 35.5. The third-order valence-electron chi connectivity index (χ3n) is 5.90. The summed E-state index contributed by atoms with van der Waals surface area (Å²) in [7, 11) is 0. The predicted octanol–water partition coefficient (Wildman–Crippen LogP) is 4.72. The van der Waals surface area contributed by atoms with E-state index < -0.39 is 6.04 Å². The lowest BCUT2D eigenvalue weighted by Crippen LogP contribution is -2.52. The molecular formula is C24H29ClN2O2. The average molecular weight is 413 g/mol. The summed E-state index contributed by atoms with van der Waals surface area (Å²) in [5, 5.41) is 6.37. The van der Waals surface area contributed by atoms with E-state index in [-0.39, 0.29) is 23.1 Å². The molecule has 1 saturated carbocycles. The van der Waals surface area contributed by atoms with E-state index in [1.54, 1.807) is 24.3 Å². The molecule has 0 aliphatic heterocycles. The van der Waals surface area contributed by atoms with Crippen LogP contribution in [0.2, 0.25) is 5.02 Å². The number of carbonyl (C=O) groups excluding carboxylic acids is 2. The van der Waals surface area contributed by atoms with Crippen LogP contribution in [-0.2, 0) is 10.2 Å². The fourth-order valence-electron chi connectivity index (χ4n) is 4.18. The van der Waals surface area contributed by atoms with Crippen LogP contribution in [0.25, 0.3) is 0 Å². The van der Waals surface area contributed by atoms with E-state index in [4.69, 9.17) is 11.6 Å². The molecule has 1 fully saturated rings. The van der Waals surface area contributed by atoms with Crippen molar-refractivity contribution in [1.29, 1.82) is 0 Å². The van der Waals surface area contributed by atoms with Gasteiger partial charge < -0.3 is 10.6 Å². The number of amides is 2. The molecule has 1 aliphatic carbocycles. The maximum absolute atomic E-state index is 13.0. The average Bonchev–Trinajstić information content (AvgIpc) is 3.21. The van der Waals surface area contributed by atoms with Gasteiger partial charge in [-0.25, -0.2) is 0 Å². The molecule has 1 unspecified atom stereocenters. The van der Waals surface area contributed by atoms with Gasteiger partial charge in [0, 0.05) is 12.0 Å². The Labute approximate surface area is 178 Å². The number of nitrogens with one attached hydrogen (secondary N) is 2. The van der Waals surface area contributed by atoms with Crippen LogP contribution in [0.4, 0.5) is 0 Å². The van der Waals surface area contributed by atoms with Gasteiger partial charge in [-0.1, -0.05) is 80.8 Å². The van der Waals surface area contributed by atoms with Crippen LogP contribution in [0.5, 0.6) is 0 Å². The van der Waals surface area contributed by atoms with Crippen LogP contribution in [0.3, 0.4) is 0 Å². The molecule has 0 heterocycles. The van der Waals surface area contributed by atoms with Gasteiger partial charge in [-0.2, -0.15) is 0 Å². The summed E-state index contributed by atoms with van der Waals surface area (Å²) >= 11 is 6.13. The minimum Gasteiger partial charge on any atom is -0.353 e. The Balaban J connectivity index is 1.70. The molecule has 2 amide bonds. The van der Waals surface area contributed by atoms with E-state index in [1.165, 1.54) is 18.4 Å². The molecule has 29 heavy (non-hydrogen) atoms. The Hall–Kier alpha value is -2.33. The molecule has 154 valence electrons. The Morgan fingerprint density at radius 3 is 2.24 bits per heavy atom. The molecular weight excluding hydrogens is 384 g/mol. The highest BCUT2D eigenvalue weighted by Gasteiger charge is 2.36. The van der Waals surface area contributed by atoms with Crippen LogP contribution >= 0.6 is 11.6 Å². The number of rotatable bonds is 7. The number of hydrogen-bond acceptors (Lipinski definition) is 2. The molecule has 2 aromatic carbocycles. The second kappa shape index (κ2) is 9.45. The van der Waals surface area contributed by atoms with Gasteiger partial charge >= 0.3 is 0 Å². The number of benzene rings is 2. The summed E-state index contributed by atoms with van der Waals surface area (Å²) in [6.07, 6.45) is 4.47. The summed E-state index contributed by atoms with van der Waals surface area (Å²) < 4.78 is 0. The van der Waals surface area contributed by atoms with E-state index in [2.05, 4.69) is 34.9 Å². The fourth-order valence-corrected chi connectivity index (χ4v) is 4.40. The Bertz CT molecular complexity index is 845. The van der Waals surface area contributed by atoms with Crippen molar-refractivity contribution in [1.82, 2.24) is 10.6 Å². The molecule has 3 rings (SSSR count). The first-order valence-corrected chi connectivity index (χ1v) is 10.7. The van der Waals surface area contributed by atoms with Crippen molar-refractivity contribution < 1.29 is 9.59 Å². The van der Waals surface area contributed by atoms with Gasteiger partial charge in [-0.05, 0) is 36.5 Å². The molecule has 1 aliphatic rings. The van der Waals surface area contributed by atoms with Gasteiger partial charge in [0.05, 0.1) is 10.6 Å². The first kappa shape index (κ1) is 21.4. The number of carbonyl (C=O) groups is 2. The molecule has 0 spiro atoms. The van der Waals surface area contributed by atoms with Crippen LogP contribution in [0, 0.1) is 5.92 Å². The number of hydrogen-bond donors (Lipinski definition) is 2. The van der Waals surface area contributed by atoms with Crippen molar-refractivity contribution in [2.75, 3.05) is 6.54 Å². The zero-order chi connectivity index (χ0) is 20.9. The van der Waals surface area contributed by atoms with Crippen LogP contribution in [-0.4, -0.2) is 24.4 Å². The molecule has 0 radical (unpaired) electrons. The maximum atomic E-state index is 13.0. The Kier molecular flexibility index (Phi) is 6.96. The minimum atomic E-state index is -0.618. The Morgan fingerprint density at radius 1 is 1.00 bits per heavy atom. The molecule has 0 saturated heterocycles. The smallest absolute Gasteiger partial charge is 0.253 e. The van der Waals surface area contributed by atoms with Crippen molar-refractivity contribution in [2.45, 2.75) is 51.0 Å². The van der Waals surface area contributed by atoms with Gasteiger partial charge in [0.1, 0.15) is 6.04 Å². The topological polar surface area (TPSA) is 58.2 Å². The van der Waals surface area contributed by atoms with E-state index in [1.807, 2.05) is 19.9 Å². The highest BCUT2D eigenvalue weighted by molar-refractivity contribution is 6.33. The fraction of sp³-hybridized carbons (Fsp3) is 0.417. The van der Waals surface area contributed by atoms with Gasteiger partial charge in [-0.15, -0.1) is 0 Å². The summed E-state index contributed by atoms with van der Waals surface area (Å²) in [6.45, 7) is 4.44. The van der Waals surface area contributed by atoms with Crippen molar-refractivity contribution >= 4 is 23.4 Å². The monoisotopic (exact) mass is 412 g/mol. The molecule has 2 aromatic rings. The van der Waals surface area contributed by atoms with E-state index in [0.717, 1.165) is 12.8 Å². The molecule has 1 atom stereocenters. The number of halogens is 1. The summed E-state index contributed by atoms with van der Waals surface area (Å²) in [5.74, 6) is -0.525. The quantitative estimate of drug-likeness (QED) is 0.691. The predicted molar refractivity (Wildman–Crippen MR) is 117 cm³/mol. The maximum Gasteiger partial charge on any atom is 0.253 e. The van der Waals surface area contributed by atoms with Gasteiger partial charge in [-0.3, -0.25) is 9.59 Å². The summed E-state index contributed by atoms with van der Waals surface area (Å²) in [5.41, 5.74) is 1.63. The molecule has 2 N–H and O–H groups in total. The van der Waals surface area contributed by atoms with Gasteiger partial charge in [0.25, 0.3) is 5.91 Å². The third-order valence-corrected chi connectivity index (χ3v) is 6.23. The van der Waals surface area contributed by atoms with E-state index in [0.29, 0.717) is 17.1 Å². The largest absolute Gasteiger partial charge is 0.353 e. The Morgan fingerprint density at radius 2 is 1.62 bits per heavy atom. The molecule has 5 heteroatoms. The van der Waals surface area contributed by atoms with Crippen LogP contribution in [0.1, 0.15) is 55.5 Å². The zero-order valence-corrected chi connectivity index (χ0v) is 17.8. The first-order chi connectivity index (χ1) is 13.9. The minimum absolute atomic E-state index is 0.0226. The lowest BCUT2D eigenvalue weighted by atomic mass is 9.78. The third kappa shape index (κ3) is 4.99. The van der Waals surface area contributed by atoms with Gasteiger partial charge in [0.15, 0.2) is 0 Å². The SMILES string of the molecule is CC(C)C(NC(=O)c1ccccc1Cl)C(=O)NCC1(c2ccccc2)CCCC1. The normalized spacial score (nSPS) is 16.4. The molecule has 0 bridgehead atoms. The van der Waals surface area contributed by atoms with E-state index in [9.17, 15) is 9.59 Å². The summed E-state index contributed by atoms with van der Waals surface area (Å²) in [6, 6.07) is 16.7. The van der Waals surface area contributed by atoms with Crippen molar-refractivity contribution in [3.05, 3.63) is 70.7 Å². The molecule has 4 nitrogen and oxygen atoms in total. The van der Waals surface area contributed by atoms with Crippen molar-refractivity contribution in [3.8, 4) is 0 Å². The highest BCUT2D eigenvalue weighted by Crippen LogP contribution is 2.40. The standard InChI is InChI=1S/C24H29ClN2O2/c1-17(2)21(27-22(28)19-12-6-7-13-20(19)25)23(29)26-16-24(14-8-9-15-24)18-10-4-3-5-11-18/h3-7,10-13,17,21H,8-9,14-16H2,1-2H3,(H,26,29)(H,27,28). The van der Waals surface area contributed by atoms with Crippen LogP contribution in [0.15, 0.2) is 54.6 Å². The summed E-state index contributed by atoms with van der Waals surface area (Å²) in [4.78, 5) is 25.7. The van der Waals surface area contributed by atoms with Gasteiger partial charge in [0.2, 0.25) is 5.91 Å². The van der Waals surface area contributed by atoms with Crippen molar-refractivity contribution in [2.24, 2.45) is 5.92 Å². The lowest BCUT2D eigenvalue weighted by molar-refractivity contribution is -0.124. The lowest BCUT2D eigenvalue weighted by Gasteiger charge is -2.31. The van der Waals surface area contributed by atoms with Crippen molar-refractivity contribution in [3.63, 3.8) is 0 Å². The first-order valence-electron chi connectivity index (χ1n) is 10.3. The second-order valence-electron chi connectivity index (χ2n) is 8.25. The van der Waals surface area contributed by atoms with Crippen LogP contribution < -0.4 is 10.6 Å². The second-order valence-corrected chi connectivity index (χ2v) is 8.65. The zero-order valence-electron chi connectivity index (χ0n) is 17.1. The molecule has 0 aromatic heterocycles.